The van der Waals surface area contributed by atoms with Crippen molar-refractivity contribution in [2.75, 3.05) is 11.9 Å². The van der Waals surface area contributed by atoms with Crippen LogP contribution in [-0.2, 0) is 0 Å². The standard InChI is InChI=1S/C16H26N2O2/c1-4-10-16(20,11-5-2)12-17-15(19)18-14-9-7-6-8-13(14)3/h6-9,20H,4-5,10-12H2,1-3H3,(H2,17,18,19). The molecular weight excluding hydrogens is 252 g/mol. The molecule has 4 heteroatoms. The van der Waals surface area contributed by atoms with Crippen molar-refractivity contribution in [2.45, 2.75) is 52.1 Å². The van der Waals surface area contributed by atoms with Gasteiger partial charge in [0.05, 0.1) is 5.60 Å². The summed E-state index contributed by atoms with van der Waals surface area (Å²) in [4.78, 5) is 11.9. The highest BCUT2D eigenvalue weighted by Crippen LogP contribution is 2.18. The number of amides is 2. The van der Waals surface area contributed by atoms with Gasteiger partial charge in [-0.1, -0.05) is 44.9 Å². The number of carbonyl (C=O) groups is 1. The van der Waals surface area contributed by atoms with Crippen LogP contribution in [0.2, 0.25) is 0 Å². The van der Waals surface area contributed by atoms with Crippen molar-refractivity contribution in [2.24, 2.45) is 0 Å². The average molecular weight is 278 g/mol. The van der Waals surface area contributed by atoms with E-state index in [1.165, 1.54) is 0 Å². The number of hydrogen-bond donors (Lipinski definition) is 3. The Morgan fingerprint density at radius 2 is 1.80 bits per heavy atom. The molecular formula is C16H26N2O2. The molecule has 0 heterocycles. The summed E-state index contributed by atoms with van der Waals surface area (Å²) >= 11 is 0. The summed E-state index contributed by atoms with van der Waals surface area (Å²) in [7, 11) is 0. The minimum Gasteiger partial charge on any atom is -0.388 e. The first-order chi connectivity index (χ1) is 9.50. The molecule has 1 aromatic rings. The van der Waals surface area contributed by atoms with Crippen LogP contribution in [0.1, 0.15) is 45.1 Å². The third kappa shape index (κ3) is 5.21. The van der Waals surface area contributed by atoms with Crippen molar-refractivity contribution in [3.8, 4) is 0 Å². The average Bonchev–Trinajstić information content (AvgIpc) is 2.40. The van der Waals surface area contributed by atoms with Gasteiger partial charge in [-0.25, -0.2) is 4.79 Å². The molecule has 0 aliphatic rings. The molecule has 0 saturated carbocycles. The highest BCUT2D eigenvalue weighted by Gasteiger charge is 2.25. The van der Waals surface area contributed by atoms with Crippen molar-refractivity contribution in [1.29, 1.82) is 0 Å². The van der Waals surface area contributed by atoms with Crippen molar-refractivity contribution < 1.29 is 9.90 Å². The fourth-order valence-corrected chi connectivity index (χ4v) is 2.36. The zero-order valence-electron chi connectivity index (χ0n) is 12.7. The molecule has 0 saturated heterocycles. The van der Waals surface area contributed by atoms with Crippen LogP contribution in [0.25, 0.3) is 0 Å². The third-order valence-corrected chi connectivity index (χ3v) is 3.40. The summed E-state index contributed by atoms with van der Waals surface area (Å²) < 4.78 is 0. The second-order valence-corrected chi connectivity index (χ2v) is 5.35. The third-order valence-electron chi connectivity index (χ3n) is 3.40. The Kier molecular flexibility index (Phi) is 6.52. The molecule has 0 bridgehead atoms. The van der Waals surface area contributed by atoms with E-state index in [1.54, 1.807) is 0 Å². The number of aryl methyl sites for hydroxylation is 1. The van der Waals surface area contributed by atoms with E-state index >= 15 is 0 Å². The van der Waals surface area contributed by atoms with Gasteiger partial charge in [0.25, 0.3) is 0 Å². The Bertz CT molecular complexity index is 426. The predicted molar refractivity (Wildman–Crippen MR) is 83.0 cm³/mol. The lowest BCUT2D eigenvalue weighted by Gasteiger charge is -2.27. The first-order valence-corrected chi connectivity index (χ1v) is 7.33. The number of rotatable bonds is 7. The fourth-order valence-electron chi connectivity index (χ4n) is 2.36. The minimum atomic E-state index is -0.799. The van der Waals surface area contributed by atoms with Gasteiger partial charge in [0.2, 0.25) is 0 Å². The molecule has 0 aromatic heterocycles. The monoisotopic (exact) mass is 278 g/mol. The Hall–Kier alpha value is -1.55. The molecule has 1 rings (SSSR count). The Balaban J connectivity index is 2.52. The number of hydrogen-bond acceptors (Lipinski definition) is 2. The maximum absolute atomic E-state index is 11.9. The Labute approximate surface area is 121 Å². The molecule has 0 aliphatic heterocycles. The quantitative estimate of drug-likeness (QED) is 0.715. The van der Waals surface area contributed by atoms with Crippen LogP contribution in [0, 0.1) is 6.92 Å². The summed E-state index contributed by atoms with van der Waals surface area (Å²) in [5.74, 6) is 0. The van der Waals surface area contributed by atoms with Gasteiger partial charge < -0.3 is 15.7 Å². The van der Waals surface area contributed by atoms with Gasteiger partial charge in [-0.3, -0.25) is 0 Å². The first kappa shape index (κ1) is 16.5. The summed E-state index contributed by atoms with van der Waals surface area (Å²) in [5.41, 5.74) is 1.01. The number of urea groups is 1. The van der Waals surface area contributed by atoms with Gasteiger partial charge >= 0.3 is 6.03 Å². The molecule has 1 aromatic carbocycles. The maximum atomic E-state index is 11.9. The van der Waals surface area contributed by atoms with Crippen LogP contribution >= 0.6 is 0 Å². The van der Waals surface area contributed by atoms with Gasteiger partial charge in [0.15, 0.2) is 0 Å². The molecule has 0 atom stereocenters. The molecule has 112 valence electrons. The number of aliphatic hydroxyl groups is 1. The summed E-state index contributed by atoms with van der Waals surface area (Å²) in [6, 6.07) is 7.34. The van der Waals surface area contributed by atoms with Gasteiger partial charge in [0, 0.05) is 12.2 Å². The molecule has 0 spiro atoms. The SMILES string of the molecule is CCCC(O)(CCC)CNC(=O)Nc1ccccc1C. The van der Waals surface area contributed by atoms with E-state index in [1.807, 2.05) is 45.0 Å². The van der Waals surface area contributed by atoms with E-state index in [0.29, 0.717) is 12.8 Å². The summed E-state index contributed by atoms with van der Waals surface area (Å²) in [6.07, 6.45) is 3.20. The van der Waals surface area contributed by atoms with E-state index in [2.05, 4.69) is 10.6 Å². The van der Waals surface area contributed by atoms with E-state index in [9.17, 15) is 9.90 Å². The van der Waals surface area contributed by atoms with Crippen LogP contribution in [0.15, 0.2) is 24.3 Å². The molecule has 3 N–H and O–H groups in total. The summed E-state index contributed by atoms with van der Waals surface area (Å²) in [6.45, 7) is 6.30. The smallest absolute Gasteiger partial charge is 0.319 e. The largest absolute Gasteiger partial charge is 0.388 e. The van der Waals surface area contributed by atoms with Crippen molar-refractivity contribution in [1.82, 2.24) is 5.32 Å². The molecule has 0 aliphatic carbocycles. The number of benzene rings is 1. The zero-order valence-corrected chi connectivity index (χ0v) is 12.7. The number of anilines is 1. The van der Waals surface area contributed by atoms with E-state index in [-0.39, 0.29) is 12.6 Å². The molecule has 0 unspecified atom stereocenters. The lowest BCUT2D eigenvalue weighted by atomic mass is 9.93. The lowest BCUT2D eigenvalue weighted by molar-refractivity contribution is 0.0245. The van der Waals surface area contributed by atoms with Gasteiger partial charge in [-0.15, -0.1) is 0 Å². The molecule has 4 nitrogen and oxygen atoms in total. The van der Waals surface area contributed by atoms with Gasteiger partial charge in [-0.05, 0) is 31.4 Å². The zero-order chi connectivity index (χ0) is 15.0. The second-order valence-electron chi connectivity index (χ2n) is 5.35. The highest BCUT2D eigenvalue weighted by atomic mass is 16.3. The van der Waals surface area contributed by atoms with Crippen LogP contribution in [0.4, 0.5) is 10.5 Å². The van der Waals surface area contributed by atoms with Crippen molar-refractivity contribution in [3.63, 3.8) is 0 Å². The number of para-hydroxylation sites is 1. The summed E-state index contributed by atoms with van der Waals surface area (Å²) in [5, 5.41) is 16.0. The van der Waals surface area contributed by atoms with Gasteiger partial charge in [0.1, 0.15) is 0 Å². The first-order valence-electron chi connectivity index (χ1n) is 7.33. The fraction of sp³-hybridized carbons (Fsp3) is 0.562. The molecule has 2 amide bonds. The van der Waals surface area contributed by atoms with Crippen molar-refractivity contribution >= 4 is 11.7 Å². The predicted octanol–water partition coefficient (Wildman–Crippen LogP) is 3.45. The molecule has 20 heavy (non-hydrogen) atoms. The van der Waals surface area contributed by atoms with Gasteiger partial charge in [-0.2, -0.15) is 0 Å². The van der Waals surface area contributed by atoms with E-state index < -0.39 is 5.60 Å². The van der Waals surface area contributed by atoms with E-state index in [4.69, 9.17) is 0 Å². The number of nitrogens with one attached hydrogen (secondary N) is 2. The lowest BCUT2D eigenvalue weighted by Crippen LogP contribution is -2.44. The Morgan fingerprint density at radius 1 is 1.20 bits per heavy atom. The minimum absolute atomic E-state index is 0.273. The molecule has 0 radical (unpaired) electrons. The number of carbonyl (C=O) groups excluding carboxylic acids is 1. The topological polar surface area (TPSA) is 61.4 Å². The van der Waals surface area contributed by atoms with Crippen LogP contribution in [-0.4, -0.2) is 23.3 Å². The Morgan fingerprint density at radius 3 is 2.35 bits per heavy atom. The van der Waals surface area contributed by atoms with Crippen LogP contribution in [0.3, 0.4) is 0 Å². The maximum Gasteiger partial charge on any atom is 0.319 e. The highest BCUT2D eigenvalue weighted by molar-refractivity contribution is 5.90. The van der Waals surface area contributed by atoms with E-state index in [0.717, 1.165) is 24.1 Å². The van der Waals surface area contributed by atoms with Crippen molar-refractivity contribution in [3.05, 3.63) is 29.8 Å². The second kappa shape index (κ2) is 7.90. The van der Waals surface area contributed by atoms with Crippen LogP contribution in [0.5, 0.6) is 0 Å². The van der Waals surface area contributed by atoms with Crippen LogP contribution < -0.4 is 10.6 Å². The molecule has 0 fully saturated rings. The normalized spacial score (nSPS) is 11.2.